The molecule has 264 valence electrons. The van der Waals surface area contributed by atoms with Crippen LogP contribution in [-0.2, 0) is 0 Å². The van der Waals surface area contributed by atoms with Crippen molar-refractivity contribution in [3.8, 4) is 0 Å². The van der Waals surface area contributed by atoms with E-state index in [1.807, 2.05) is 0 Å². The average Bonchev–Trinajstić information content (AvgIpc) is 3.39. The van der Waals surface area contributed by atoms with Gasteiger partial charge in [0.25, 0.3) is 0 Å². The highest BCUT2D eigenvalue weighted by Gasteiger charge is 2.56. The van der Waals surface area contributed by atoms with Crippen LogP contribution in [0.5, 0.6) is 0 Å². The van der Waals surface area contributed by atoms with Crippen LogP contribution < -0.4 is 5.32 Å². The number of halogens is 6. The van der Waals surface area contributed by atoms with Crippen LogP contribution in [-0.4, -0.2) is 71.5 Å². The van der Waals surface area contributed by atoms with Crippen molar-refractivity contribution in [2.24, 2.45) is 35.5 Å². The van der Waals surface area contributed by atoms with Crippen LogP contribution in [0.2, 0.25) is 0 Å². The molecular weight excluding hydrogens is 600 g/mol. The summed E-state index contributed by atoms with van der Waals surface area (Å²) in [5, 5.41) is 3.74. The number of nitrogens with one attached hydrogen (secondary N) is 1. The Morgan fingerprint density at radius 2 is 1.07 bits per heavy atom. The van der Waals surface area contributed by atoms with Crippen molar-refractivity contribution in [3.05, 3.63) is 0 Å². The van der Waals surface area contributed by atoms with Gasteiger partial charge >= 0.3 is 12.4 Å². The smallest absolute Gasteiger partial charge is 0.316 e. The number of nitrogens with zero attached hydrogens (tertiary/aromatic N) is 2. The van der Waals surface area contributed by atoms with E-state index in [9.17, 15) is 26.3 Å². The Kier molecular flexibility index (Phi) is 10.3. The molecule has 2 heterocycles. The fourth-order valence-electron chi connectivity index (χ4n) is 12.5. The van der Waals surface area contributed by atoms with Gasteiger partial charge in [-0.2, -0.15) is 26.3 Å². The molecule has 46 heavy (non-hydrogen) atoms. The van der Waals surface area contributed by atoms with Gasteiger partial charge in [-0.15, -0.1) is 0 Å². The van der Waals surface area contributed by atoms with Gasteiger partial charge in [0.15, 0.2) is 0 Å². The van der Waals surface area contributed by atoms with Crippen LogP contribution in [0.25, 0.3) is 0 Å². The monoisotopic (exact) mass is 659 g/mol. The maximum Gasteiger partial charge on any atom is 0.391 e. The predicted molar refractivity (Wildman–Crippen MR) is 169 cm³/mol. The maximum absolute atomic E-state index is 13.7. The molecule has 7 rings (SSSR count). The van der Waals surface area contributed by atoms with Crippen molar-refractivity contribution >= 4 is 0 Å². The molecule has 5 aliphatic carbocycles. The largest absolute Gasteiger partial charge is 0.391 e. The molecule has 0 aromatic rings. The van der Waals surface area contributed by atoms with Gasteiger partial charge in [-0.05, 0) is 133 Å². The van der Waals surface area contributed by atoms with Crippen molar-refractivity contribution in [1.29, 1.82) is 0 Å². The van der Waals surface area contributed by atoms with E-state index >= 15 is 0 Å². The van der Waals surface area contributed by atoms with Gasteiger partial charge in [-0.25, -0.2) is 0 Å². The zero-order valence-electron chi connectivity index (χ0n) is 27.9. The second-order valence-corrected chi connectivity index (χ2v) is 16.9. The van der Waals surface area contributed by atoms with Crippen molar-refractivity contribution < 1.29 is 26.3 Å². The Hall–Kier alpha value is -0.540. The third-order valence-electron chi connectivity index (χ3n) is 14.6. The first-order valence-corrected chi connectivity index (χ1v) is 19.5. The molecule has 7 fully saturated rings. The number of alkyl halides is 6. The van der Waals surface area contributed by atoms with E-state index in [1.54, 1.807) is 0 Å². The summed E-state index contributed by atoms with van der Waals surface area (Å²) in [5.41, 5.74) is 0. The van der Waals surface area contributed by atoms with Crippen molar-refractivity contribution in [2.75, 3.05) is 13.1 Å². The molecule has 5 saturated carbocycles. The average molecular weight is 660 g/mol. The summed E-state index contributed by atoms with van der Waals surface area (Å²) in [6, 6.07) is 3.82. The fraction of sp³-hybridized carbons (Fsp3) is 1.00. The van der Waals surface area contributed by atoms with E-state index in [2.05, 4.69) is 15.1 Å². The van der Waals surface area contributed by atoms with E-state index in [4.69, 9.17) is 0 Å². The van der Waals surface area contributed by atoms with Crippen LogP contribution in [0, 0.1) is 35.5 Å². The second kappa shape index (κ2) is 14.0. The Bertz CT molecular complexity index is 943. The fourth-order valence-corrected chi connectivity index (χ4v) is 12.5. The topological polar surface area (TPSA) is 18.5 Å². The van der Waals surface area contributed by atoms with Gasteiger partial charge in [-0.1, -0.05) is 38.5 Å². The summed E-state index contributed by atoms with van der Waals surface area (Å²) >= 11 is 0. The third-order valence-corrected chi connectivity index (χ3v) is 14.6. The number of likely N-dealkylation sites (tertiary alicyclic amines) is 1. The lowest BCUT2D eigenvalue weighted by atomic mass is 9.66. The van der Waals surface area contributed by atoms with E-state index in [1.165, 1.54) is 89.9 Å². The predicted octanol–water partition coefficient (Wildman–Crippen LogP) is 9.50. The Morgan fingerprint density at radius 3 is 1.63 bits per heavy atom. The molecule has 2 saturated heterocycles. The van der Waals surface area contributed by atoms with Crippen molar-refractivity contribution in [2.45, 2.75) is 183 Å². The maximum atomic E-state index is 13.7. The standard InChI is InChI=1S/C37H59F6N3/c38-36(39,40)26-19-25(20-27(21-26)37(41,42)43)24-11-13-30(14-12-24)46-34-16-15-31(22-32(34)33-23-44-18-17-35(33)46)45(28-7-3-1-4-8-28)29-9-5-2-6-10-29/h24-35,44H,1-23H2. The molecular formula is C37H59F6N3. The molecule has 0 aromatic heterocycles. The molecule has 7 aliphatic rings. The van der Waals surface area contributed by atoms with E-state index < -0.39 is 36.5 Å². The quantitative estimate of drug-likeness (QED) is 0.297. The van der Waals surface area contributed by atoms with Crippen molar-refractivity contribution in [3.63, 3.8) is 0 Å². The summed E-state index contributed by atoms with van der Waals surface area (Å²) in [4.78, 5) is 5.99. The first-order chi connectivity index (χ1) is 22.1. The second-order valence-electron chi connectivity index (χ2n) is 16.9. The van der Waals surface area contributed by atoms with Gasteiger partial charge in [0, 0.05) is 36.3 Å². The number of piperidine rings is 1. The van der Waals surface area contributed by atoms with Crippen molar-refractivity contribution in [1.82, 2.24) is 15.1 Å². The Morgan fingerprint density at radius 1 is 0.500 bits per heavy atom. The molecule has 0 amide bonds. The Labute approximate surface area is 273 Å². The zero-order chi connectivity index (χ0) is 32.1. The molecule has 7 atom stereocenters. The number of rotatable bonds is 5. The molecule has 1 N–H and O–H groups in total. The minimum Gasteiger partial charge on any atom is -0.316 e. The summed E-state index contributed by atoms with van der Waals surface area (Å²) in [7, 11) is 0. The minimum atomic E-state index is -4.55. The highest BCUT2D eigenvalue weighted by Crippen LogP contribution is 2.54. The molecule has 7 unspecified atom stereocenters. The number of hydrogen-bond acceptors (Lipinski definition) is 3. The SMILES string of the molecule is FC(F)(F)C1CC(C2CCC(N3C4CCNCC4C4CC(N(C5CCCCC5)C5CCCCC5)CCC43)CC2)CC(C(F)(F)F)C1. The summed E-state index contributed by atoms with van der Waals surface area (Å²) < 4.78 is 82.4. The molecule has 0 spiro atoms. The number of fused-ring (bicyclic) bond motifs is 3. The summed E-state index contributed by atoms with van der Waals surface area (Å²) in [6.45, 7) is 2.14. The minimum absolute atomic E-state index is 0.0104. The van der Waals surface area contributed by atoms with Crippen LogP contribution in [0.1, 0.15) is 135 Å². The van der Waals surface area contributed by atoms with Crippen LogP contribution >= 0.6 is 0 Å². The first kappa shape index (κ1) is 33.9. The van der Waals surface area contributed by atoms with Crippen LogP contribution in [0.4, 0.5) is 26.3 Å². The summed E-state index contributed by atoms with van der Waals surface area (Å²) in [5.74, 6) is -2.75. The molecule has 3 nitrogen and oxygen atoms in total. The van der Waals surface area contributed by atoms with E-state index in [0.29, 0.717) is 36.0 Å². The van der Waals surface area contributed by atoms with Gasteiger partial charge in [0.05, 0.1) is 11.8 Å². The van der Waals surface area contributed by atoms with Crippen LogP contribution in [0.15, 0.2) is 0 Å². The van der Waals surface area contributed by atoms with Gasteiger partial charge in [0.1, 0.15) is 0 Å². The first-order valence-electron chi connectivity index (χ1n) is 19.5. The molecule has 2 aliphatic heterocycles. The summed E-state index contributed by atoms with van der Waals surface area (Å²) in [6.07, 6.45) is 12.2. The molecule has 0 aromatic carbocycles. The highest BCUT2D eigenvalue weighted by molar-refractivity contribution is 5.09. The number of hydrogen-bond donors (Lipinski definition) is 1. The molecule has 0 bridgehead atoms. The lowest BCUT2D eigenvalue weighted by Gasteiger charge is -2.50. The Balaban J connectivity index is 1.03. The lowest BCUT2D eigenvalue weighted by Crippen LogP contribution is -2.55. The van der Waals surface area contributed by atoms with Gasteiger partial charge < -0.3 is 5.32 Å². The normalized spacial score (nSPS) is 42.6. The third kappa shape index (κ3) is 7.04. The van der Waals surface area contributed by atoms with Gasteiger partial charge in [-0.3, -0.25) is 9.80 Å². The van der Waals surface area contributed by atoms with E-state index in [-0.39, 0.29) is 18.8 Å². The highest BCUT2D eigenvalue weighted by atomic mass is 19.4. The van der Waals surface area contributed by atoms with Gasteiger partial charge in [0.2, 0.25) is 0 Å². The van der Waals surface area contributed by atoms with Crippen LogP contribution in [0.3, 0.4) is 0 Å². The molecule has 0 radical (unpaired) electrons. The van der Waals surface area contributed by atoms with E-state index in [0.717, 1.165) is 50.9 Å². The zero-order valence-corrected chi connectivity index (χ0v) is 27.9. The lowest BCUT2D eigenvalue weighted by molar-refractivity contribution is -0.231. The molecule has 9 heteroatoms.